The Hall–Kier alpha value is -3.93. The Kier molecular flexibility index (Phi) is 5.80. The number of fused-ring (bicyclic) bond motifs is 1. The number of aromatic hydroxyl groups is 1. The summed E-state index contributed by atoms with van der Waals surface area (Å²) in [7, 11) is 0. The van der Waals surface area contributed by atoms with Gasteiger partial charge in [0, 0.05) is 29.0 Å². The first kappa shape index (κ1) is 20.3. The Balaban J connectivity index is 1.69. The summed E-state index contributed by atoms with van der Waals surface area (Å²) in [4.78, 5) is 20.9. The van der Waals surface area contributed by atoms with Gasteiger partial charge in [-0.05, 0) is 56.3 Å². The first-order chi connectivity index (χ1) is 15.0. The molecule has 156 valence electrons. The highest BCUT2D eigenvalue weighted by atomic mass is 16.5. The number of phenols is 1. The third-order valence-electron chi connectivity index (χ3n) is 4.85. The van der Waals surface area contributed by atoms with Gasteiger partial charge in [-0.25, -0.2) is 4.79 Å². The quantitative estimate of drug-likeness (QED) is 0.428. The van der Waals surface area contributed by atoms with Crippen LogP contribution in [0.4, 0.5) is 5.69 Å². The fraction of sp³-hybridized carbons (Fsp3) is 0.160. The number of benzene rings is 2. The minimum atomic E-state index is -0.416. The highest BCUT2D eigenvalue weighted by Crippen LogP contribution is 2.35. The zero-order valence-electron chi connectivity index (χ0n) is 17.3. The topological polar surface area (TPSA) is 84.3 Å². The molecule has 0 aliphatic carbocycles. The van der Waals surface area contributed by atoms with Gasteiger partial charge in [-0.1, -0.05) is 24.3 Å². The summed E-state index contributed by atoms with van der Waals surface area (Å²) in [5.74, 6) is -0.251. The van der Waals surface area contributed by atoms with Crippen molar-refractivity contribution < 1.29 is 14.6 Å². The molecule has 0 fully saturated rings. The summed E-state index contributed by atoms with van der Waals surface area (Å²) in [6.45, 7) is 3.63. The van der Waals surface area contributed by atoms with Gasteiger partial charge in [0.25, 0.3) is 0 Å². The van der Waals surface area contributed by atoms with Crippen LogP contribution in [0, 0.1) is 0 Å². The average Bonchev–Trinajstić information content (AvgIpc) is 2.79. The largest absolute Gasteiger partial charge is 0.505 e. The van der Waals surface area contributed by atoms with Crippen molar-refractivity contribution >= 4 is 22.6 Å². The molecule has 2 aromatic carbocycles. The predicted molar refractivity (Wildman–Crippen MR) is 120 cm³/mol. The Bertz CT molecular complexity index is 1190. The Morgan fingerprint density at radius 3 is 2.42 bits per heavy atom. The highest BCUT2D eigenvalue weighted by molar-refractivity contribution is 5.90. The van der Waals surface area contributed by atoms with E-state index in [1.54, 1.807) is 24.5 Å². The van der Waals surface area contributed by atoms with Crippen LogP contribution in [0.2, 0.25) is 0 Å². The van der Waals surface area contributed by atoms with Crippen LogP contribution in [0.3, 0.4) is 0 Å². The van der Waals surface area contributed by atoms with Crippen LogP contribution in [0.1, 0.15) is 41.5 Å². The van der Waals surface area contributed by atoms with Crippen LogP contribution in [-0.2, 0) is 4.74 Å². The Morgan fingerprint density at radius 1 is 0.935 bits per heavy atom. The molecule has 0 saturated heterocycles. The molecule has 0 aliphatic heterocycles. The number of esters is 1. The van der Waals surface area contributed by atoms with Gasteiger partial charge in [0.2, 0.25) is 0 Å². The van der Waals surface area contributed by atoms with Gasteiger partial charge in [0.15, 0.2) is 0 Å². The third kappa shape index (κ3) is 4.48. The number of pyridine rings is 2. The minimum Gasteiger partial charge on any atom is -0.505 e. The number of phenolic OH excluding ortho intramolecular Hbond substituents is 1. The van der Waals surface area contributed by atoms with Gasteiger partial charge in [-0.2, -0.15) is 0 Å². The number of nitrogens with one attached hydrogen (secondary N) is 1. The maximum absolute atomic E-state index is 12.1. The predicted octanol–water partition coefficient (Wildman–Crippen LogP) is 5.10. The monoisotopic (exact) mass is 413 g/mol. The normalized spacial score (nSPS) is 12.0. The van der Waals surface area contributed by atoms with Crippen LogP contribution in [0.5, 0.6) is 5.75 Å². The van der Waals surface area contributed by atoms with Crippen LogP contribution in [0.15, 0.2) is 79.1 Å². The minimum absolute atomic E-state index is 0.110. The molecule has 6 nitrogen and oxygen atoms in total. The number of nitrogens with zero attached hydrogens (tertiary/aromatic N) is 2. The molecule has 0 radical (unpaired) electrons. The molecule has 4 aromatic rings. The molecule has 2 heterocycles. The van der Waals surface area contributed by atoms with E-state index < -0.39 is 6.04 Å². The van der Waals surface area contributed by atoms with Gasteiger partial charge in [-0.15, -0.1) is 0 Å². The van der Waals surface area contributed by atoms with E-state index in [1.807, 2.05) is 68.4 Å². The summed E-state index contributed by atoms with van der Waals surface area (Å²) < 4.78 is 5.24. The van der Waals surface area contributed by atoms with Crippen LogP contribution in [-0.4, -0.2) is 27.1 Å². The van der Waals surface area contributed by atoms with Gasteiger partial charge >= 0.3 is 5.97 Å². The van der Waals surface area contributed by atoms with E-state index in [4.69, 9.17) is 4.74 Å². The van der Waals surface area contributed by atoms with E-state index in [2.05, 4.69) is 15.3 Å². The molecule has 4 rings (SSSR count). The van der Waals surface area contributed by atoms with Crippen LogP contribution in [0.25, 0.3) is 10.9 Å². The molecule has 0 saturated carbocycles. The van der Waals surface area contributed by atoms with Crippen molar-refractivity contribution in [3.05, 3.63) is 95.9 Å². The van der Waals surface area contributed by atoms with E-state index in [1.165, 1.54) is 0 Å². The second-order valence-corrected chi connectivity index (χ2v) is 7.44. The van der Waals surface area contributed by atoms with Gasteiger partial charge in [0.05, 0.1) is 23.4 Å². The maximum Gasteiger partial charge on any atom is 0.338 e. The SMILES string of the molecule is CC(C)OC(=O)c1ccc(NC(c2ccccn2)c2ccc3cccnc3c2O)cc1. The van der Waals surface area contributed by atoms with E-state index >= 15 is 0 Å². The number of ether oxygens (including phenoxy) is 1. The Labute approximate surface area is 180 Å². The number of carbonyl (C=O) groups excluding carboxylic acids is 1. The van der Waals surface area contributed by atoms with E-state index in [0.29, 0.717) is 16.6 Å². The smallest absolute Gasteiger partial charge is 0.338 e. The van der Waals surface area contributed by atoms with Gasteiger partial charge in [0.1, 0.15) is 11.3 Å². The lowest BCUT2D eigenvalue weighted by molar-refractivity contribution is 0.0378. The number of carbonyl (C=O) groups is 1. The van der Waals surface area contributed by atoms with Crippen molar-refractivity contribution in [2.45, 2.75) is 26.0 Å². The van der Waals surface area contributed by atoms with Crippen molar-refractivity contribution in [3.63, 3.8) is 0 Å². The van der Waals surface area contributed by atoms with Crippen LogP contribution < -0.4 is 5.32 Å². The molecular formula is C25H23N3O3. The van der Waals surface area contributed by atoms with Crippen molar-refractivity contribution in [2.24, 2.45) is 0 Å². The summed E-state index contributed by atoms with van der Waals surface area (Å²) in [5, 5.41) is 15.2. The number of rotatable bonds is 6. The fourth-order valence-corrected chi connectivity index (χ4v) is 3.39. The van der Waals surface area contributed by atoms with Gasteiger partial charge < -0.3 is 15.2 Å². The summed E-state index contributed by atoms with van der Waals surface area (Å²) >= 11 is 0. The summed E-state index contributed by atoms with van der Waals surface area (Å²) in [6.07, 6.45) is 3.19. The standard InChI is InChI=1S/C25H23N3O3/c1-16(2)31-25(30)18-8-11-19(12-9-18)28-23(21-7-3-4-14-26-21)20-13-10-17-6-5-15-27-22(17)24(20)29/h3-16,23,28-29H,1-2H3. The second kappa shape index (κ2) is 8.83. The molecule has 31 heavy (non-hydrogen) atoms. The molecule has 2 N–H and O–H groups in total. The number of aromatic nitrogens is 2. The van der Waals surface area contributed by atoms with Gasteiger partial charge in [-0.3, -0.25) is 9.97 Å². The number of hydrogen-bond acceptors (Lipinski definition) is 6. The molecule has 0 spiro atoms. The molecule has 2 aromatic heterocycles. The molecule has 0 amide bonds. The van der Waals surface area contributed by atoms with Crippen LogP contribution >= 0.6 is 0 Å². The number of hydrogen-bond donors (Lipinski definition) is 2. The molecule has 0 bridgehead atoms. The third-order valence-corrected chi connectivity index (χ3v) is 4.85. The van der Waals surface area contributed by atoms with E-state index in [9.17, 15) is 9.90 Å². The lowest BCUT2D eigenvalue weighted by Gasteiger charge is -2.21. The molecular weight excluding hydrogens is 390 g/mol. The fourth-order valence-electron chi connectivity index (χ4n) is 3.39. The molecule has 6 heteroatoms. The molecule has 1 unspecified atom stereocenters. The summed E-state index contributed by atoms with van der Waals surface area (Å²) in [5.41, 5.74) is 3.20. The second-order valence-electron chi connectivity index (χ2n) is 7.44. The Morgan fingerprint density at radius 2 is 1.71 bits per heavy atom. The van der Waals surface area contributed by atoms with E-state index in [0.717, 1.165) is 16.8 Å². The van der Waals surface area contributed by atoms with Crippen molar-refractivity contribution in [2.75, 3.05) is 5.32 Å². The number of anilines is 1. The molecule has 1 atom stereocenters. The van der Waals surface area contributed by atoms with Crippen molar-refractivity contribution in [1.29, 1.82) is 0 Å². The first-order valence-corrected chi connectivity index (χ1v) is 10.1. The zero-order valence-corrected chi connectivity index (χ0v) is 17.3. The maximum atomic E-state index is 12.1. The van der Waals surface area contributed by atoms with E-state index in [-0.39, 0.29) is 17.8 Å². The first-order valence-electron chi connectivity index (χ1n) is 10.1. The average molecular weight is 413 g/mol. The van der Waals surface area contributed by atoms with Crippen molar-refractivity contribution in [1.82, 2.24) is 9.97 Å². The zero-order chi connectivity index (χ0) is 21.8. The highest BCUT2D eigenvalue weighted by Gasteiger charge is 2.21. The lowest BCUT2D eigenvalue weighted by Crippen LogP contribution is -2.15. The molecule has 0 aliphatic rings. The van der Waals surface area contributed by atoms with Crippen molar-refractivity contribution in [3.8, 4) is 5.75 Å². The summed E-state index contributed by atoms with van der Waals surface area (Å²) in [6, 6.07) is 19.8. The lowest BCUT2D eigenvalue weighted by atomic mass is 9.99.